The topological polar surface area (TPSA) is 20.3 Å². The van der Waals surface area contributed by atoms with Crippen molar-refractivity contribution >= 4 is 17.9 Å². The second-order valence-electron chi connectivity index (χ2n) is 6.30. The second-order valence-corrected chi connectivity index (χ2v) is 6.30. The first-order valence-corrected chi connectivity index (χ1v) is 7.98. The van der Waals surface area contributed by atoms with E-state index in [1.807, 2.05) is 50.4 Å². The van der Waals surface area contributed by atoms with Crippen molar-refractivity contribution in [1.82, 2.24) is 4.90 Å². The van der Waals surface area contributed by atoms with Crippen LogP contribution in [0.2, 0.25) is 0 Å². The molecule has 2 aromatic carbocycles. The molecule has 122 valence electrons. The van der Waals surface area contributed by atoms with Gasteiger partial charge in [0, 0.05) is 24.2 Å². The van der Waals surface area contributed by atoms with Gasteiger partial charge in [0.15, 0.2) is 5.78 Å². The van der Waals surface area contributed by atoms with Gasteiger partial charge in [-0.15, -0.1) is 0 Å². The number of carbonyl (C=O) groups is 1. The largest absolute Gasteiger partial charge is 0.298 e. The number of aryl methyl sites for hydroxylation is 1. The van der Waals surface area contributed by atoms with Gasteiger partial charge < -0.3 is 0 Å². The van der Waals surface area contributed by atoms with E-state index in [1.54, 1.807) is 12.1 Å². The van der Waals surface area contributed by atoms with Crippen molar-refractivity contribution in [1.29, 1.82) is 0 Å². The number of likely N-dealkylation sites (tertiary alicyclic amines) is 1. The zero-order valence-corrected chi connectivity index (χ0v) is 13.9. The molecule has 2 aromatic rings. The fraction of sp³-hybridized carbons (Fsp3) is 0.190. The summed E-state index contributed by atoms with van der Waals surface area (Å²) in [7, 11) is 1.99. The molecule has 1 aliphatic heterocycles. The number of Topliss-reactive ketones (excluding diaryl/α,β-unsaturated/α-hetero) is 1. The molecule has 3 heteroatoms. The predicted molar refractivity (Wildman–Crippen MR) is 96.0 cm³/mol. The van der Waals surface area contributed by atoms with Crippen LogP contribution in [0.25, 0.3) is 12.2 Å². The van der Waals surface area contributed by atoms with Gasteiger partial charge in [0.05, 0.1) is 0 Å². The highest BCUT2D eigenvalue weighted by molar-refractivity contribution is 6.14. The standard InChI is InChI=1S/C21H20FNO/c1-15-3-5-16(6-4-15)11-18-13-23(2)14-19(21(18)24)12-17-7-9-20(22)10-8-17/h3-12H,13-14H2,1-2H3/b18-11+,19-12+. The molecule has 0 N–H and O–H groups in total. The minimum atomic E-state index is -0.274. The molecule has 0 aliphatic carbocycles. The summed E-state index contributed by atoms with van der Waals surface area (Å²) in [5.41, 5.74) is 4.57. The van der Waals surface area contributed by atoms with Gasteiger partial charge in [-0.25, -0.2) is 4.39 Å². The van der Waals surface area contributed by atoms with Crippen LogP contribution in [0.4, 0.5) is 4.39 Å². The minimum absolute atomic E-state index is 0.0676. The first-order valence-electron chi connectivity index (χ1n) is 7.98. The number of likely N-dealkylation sites (N-methyl/N-ethyl adjacent to an activating group) is 1. The van der Waals surface area contributed by atoms with E-state index in [9.17, 15) is 9.18 Å². The third-order valence-electron chi connectivity index (χ3n) is 4.09. The summed E-state index contributed by atoms with van der Waals surface area (Å²) < 4.78 is 13.0. The van der Waals surface area contributed by atoms with E-state index in [0.717, 1.165) is 22.3 Å². The van der Waals surface area contributed by atoms with E-state index in [4.69, 9.17) is 0 Å². The number of rotatable bonds is 2. The molecule has 1 heterocycles. The van der Waals surface area contributed by atoms with Crippen molar-refractivity contribution in [3.05, 3.63) is 82.2 Å². The van der Waals surface area contributed by atoms with Gasteiger partial charge in [-0.1, -0.05) is 42.0 Å². The van der Waals surface area contributed by atoms with Gasteiger partial charge in [-0.3, -0.25) is 9.69 Å². The first kappa shape index (κ1) is 16.3. The van der Waals surface area contributed by atoms with Crippen LogP contribution >= 0.6 is 0 Å². The van der Waals surface area contributed by atoms with E-state index in [0.29, 0.717) is 13.1 Å². The lowest BCUT2D eigenvalue weighted by molar-refractivity contribution is -0.113. The number of piperidine rings is 1. The molecule has 0 saturated carbocycles. The van der Waals surface area contributed by atoms with Crippen LogP contribution < -0.4 is 0 Å². The van der Waals surface area contributed by atoms with Crippen molar-refractivity contribution in [3.63, 3.8) is 0 Å². The Hall–Kier alpha value is -2.52. The van der Waals surface area contributed by atoms with Gasteiger partial charge >= 0.3 is 0 Å². The lowest BCUT2D eigenvalue weighted by atomic mass is 9.94. The monoisotopic (exact) mass is 321 g/mol. The Bertz CT molecular complexity index is 733. The summed E-state index contributed by atoms with van der Waals surface area (Å²) in [6, 6.07) is 14.3. The zero-order valence-electron chi connectivity index (χ0n) is 13.9. The molecule has 1 fully saturated rings. The van der Waals surface area contributed by atoms with Gasteiger partial charge in [0.1, 0.15) is 5.82 Å². The van der Waals surface area contributed by atoms with E-state index in [2.05, 4.69) is 4.90 Å². The number of carbonyl (C=O) groups excluding carboxylic acids is 1. The Morgan fingerprint density at radius 1 is 0.875 bits per heavy atom. The summed E-state index contributed by atoms with van der Waals surface area (Å²) in [6.45, 7) is 3.27. The molecule has 1 saturated heterocycles. The summed E-state index contributed by atoms with van der Waals surface area (Å²) in [5.74, 6) is -0.206. The maximum atomic E-state index is 13.0. The van der Waals surface area contributed by atoms with Gasteiger partial charge in [0.25, 0.3) is 0 Å². The maximum absolute atomic E-state index is 13.0. The quantitative estimate of drug-likeness (QED) is 0.776. The molecule has 0 radical (unpaired) electrons. The third kappa shape index (κ3) is 3.87. The average molecular weight is 321 g/mol. The Kier molecular flexibility index (Phi) is 4.72. The molecule has 1 aliphatic rings. The SMILES string of the molecule is Cc1ccc(/C=C2\CN(C)C/C(=C\c3ccc(F)cc3)C2=O)cc1. The van der Waals surface area contributed by atoms with E-state index >= 15 is 0 Å². The highest BCUT2D eigenvalue weighted by Gasteiger charge is 2.23. The van der Waals surface area contributed by atoms with Crippen molar-refractivity contribution in [2.24, 2.45) is 0 Å². The summed E-state index contributed by atoms with van der Waals surface area (Å²) in [6.07, 6.45) is 3.80. The van der Waals surface area contributed by atoms with Crippen LogP contribution in [0, 0.1) is 12.7 Å². The molecular formula is C21H20FNO. The van der Waals surface area contributed by atoms with Crippen molar-refractivity contribution in [2.45, 2.75) is 6.92 Å². The fourth-order valence-electron chi connectivity index (χ4n) is 2.83. The van der Waals surface area contributed by atoms with Crippen LogP contribution in [0.3, 0.4) is 0 Å². The highest BCUT2D eigenvalue weighted by atomic mass is 19.1. The van der Waals surface area contributed by atoms with Crippen LogP contribution in [0.1, 0.15) is 16.7 Å². The lowest BCUT2D eigenvalue weighted by Gasteiger charge is -2.26. The summed E-state index contributed by atoms with van der Waals surface area (Å²) >= 11 is 0. The fourth-order valence-corrected chi connectivity index (χ4v) is 2.83. The van der Waals surface area contributed by atoms with Gasteiger partial charge in [-0.2, -0.15) is 0 Å². The number of hydrogen-bond acceptors (Lipinski definition) is 2. The highest BCUT2D eigenvalue weighted by Crippen LogP contribution is 2.21. The molecule has 0 unspecified atom stereocenters. The second kappa shape index (κ2) is 6.93. The lowest BCUT2D eigenvalue weighted by Crippen LogP contribution is -2.34. The molecule has 0 aromatic heterocycles. The molecule has 0 bridgehead atoms. The van der Waals surface area contributed by atoms with Crippen LogP contribution in [0.5, 0.6) is 0 Å². The molecule has 0 amide bonds. The summed E-state index contributed by atoms with van der Waals surface area (Å²) in [4.78, 5) is 14.9. The van der Waals surface area contributed by atoms with Crippen molar-refractivity contribution in [3.8, 4) is 0 Å². The van der Waals surface area contributed by atoms with Crippen LogP contribution in [0.15, 0.2) is 59.7 Å². The van der Waals surface area contributed by atoms with E-state index in [1.165, 1.54) is 17.7 Å². The Balaban J connectivity index is 1.90. The van der Waals surface area contributed by atoms with Crippen LogP contribution in [-0.4, -0.2) is 30.8 Å². The Labute approximate surface area is 141 Å². The first-order chi connectivity index (χ1) is 11.5. The molecule has 24 heavy (non-hydrogen) atoms. The van der Waals surface area contributed by atoms with E-state index < -0.39 is 0 Å². The van der Waals surface area contributed by atoms with E-state index in [-0.39, 0.29) is 11.6 Å². The number of benzene rings is 2. The number of halogens is 1. The normalized spacial score (nSPS) is 19.2. The summed E-state index contributed by atoms with van der Waals surface area (Å²) in [5, 5.41) is 0. The zero-order chi connectivity index (χ0) is 17.1. The van der Waals surface area contributed by atoms with Gasteiger partial charge in [0.2, 0.25) is 0 Å². The molecule has 0 spiro atoms. The molecular weight excluding hydrogens is 301 g/mol. The molecule has 3 rings (SSSR count). The number of nitrogens with zero attached hydrogens (tertiary/aromatic N) is 1. The molecule has 2 nitrogen and oxygen atoms in total. The third-order valence-corrected chi connectivity index (χ3v) is 4.09. The van der Waals surface area contributed by atoms with Crippen molar-refractivity contribution in [2.75, 3.05) is 20.1 Å². The molecule has 0 atom stereocenters. The number of hydrogen-bond donors (Lipinski definition) is 0. The average Bonchev–Trinajstić information content (AvgIpc) is 2.56. The van der Waals surface area contributed by atoms with Gasteiger partial charge in [-0.05, 0) is 49.4 Å². The Morgan fingerprint density at radius 2 is 1.33 bits per heavy atom. The Morgan fingerprint density at radius 3 is 1.83 bits per heavy atom. The predicted octanol–water partition coefficient (Wildman–Crippen LogP) is 4.12. The smallest absolute Gasteiger partial charge is 0.187 e. The van der Waals surface area contributed by atoms with Crippen molar-refractivity contribution < 1.29 is 9.18 Å². The number of ketones is 1. The maximum Gasteiger partial charge on any atom is 0.187 e. The van der Waals surface area contributed by atoms with Crippen LogP contribution in [-0.2, 0) is 4.79 Å². The minimum Gasteiger partial charge on any atom is -0.298 e.